The van der Waals surface area contributed by atoms with E-state index < -0.39 is 0 Å². The molecule has 17 heavy (non-hydrogen) atoms. The lowest BCUT2D eigenvalue weighted by Gasteiger charge is -2.09. The van der Waals surface area contributed by atoms with Crippen LogP contribution in [-0.4, -0.2) is 9.97 Å². The molecule has 0 bridgehead atoms. The Morgan fingerprint density at radius 2 is 1.88 bits per heavy atom. The minimum atomic E-state index is 0.328. The summed E-state index contributed by atoms with van der Waals surface area (Å²) in [4.78, 5) is 3.52. The molecule has 0 unspecified atom stereocenters. The smallest absolute Gasteiger partial charge is 0.113 e. The van der Waals surface area contributed by atoms with Crippen LogP contribution in [0.4, 0.5) is 0 Å². The van der Waals surface area contributed by atoms with Gasteiger partial charge < -0.3 is 10.7 Å². The molecule has 0 saturated heterocycles. The molecule has 1 aromatic heterocycles. The van der Waals surface area contributed by atoms with Gasteiger partial charge in [0.2, 0.25) is 0 Å². The first kappa shape index (κ1) is 12.0. The summed E-state index contributed by atoms with van der Waals surface area (Å²) in [5, 5.41) is 0. The first-order chi connectivity index (χ1) is 8.09. The summed E-state index contributed by atoms with van der Waals surface area (Å²) in [6.45, 7) is 2.01. The van der Waals surface area contributed by atoms with Crippen LogP contribution in [-0.2, 0) is 0 Å². The highest BCUT2D eigenvalue weighted by Crippen LogP contribution is 2.21. The molecule has 86 valence electrons. The monoisotopic (exact) mass is 260 g/mol. The Labute approximate surface area is 110 Å². The Hall–Kier alpha value is -1.52. The zero-order valence-electron chi connectivity index (χ0n) is 9.36. The highest BCUT2D eigenvalue weighted by molar-refractivity contribution is 7.80. The number of rotatable bonds is 2. The topological polar surface area (TPSA) is 41.8 Å². The zero-order chi connectivity index (χ0) is 12.4. The quantitative estimate of drug-likeness (QED) is 0.814. The van der Waals surface area contributed by atoms with Crippen LogP contribution in [0.3, 0.4) is 0 Å². The van der Waals surface area contributed by atoms with Gasteiger partial charge in [-0.05, 0) is 24.1 Å². The van der Waals surface area contributed by atoms with E-state index in [1.165, 1.54) is 0 Å². The van der Waals surface area contributed by atoms with Crippen molar-refractivity contribution in [2.24, 2.45) is 5.73 Å². The van der Waals surface area contributed by atoms with E-state index in [0.29, 0.717) is 9.63 Å². The van der Waals surface area contributed by atoms with Crippen molar-refractivity contribution >= 4 is 29.4 Å². The van der Waals surface area contributed by atoms with Crippen LogP contribution in [0.5, 0.6) is 0 Å². The molecule has 2 aromatic rings. The summed E-state index contributed by atoms with van der Waals surface area (Å²) in [7, 11) is 0. The van der Waals surface area contributed by atoms with Crippen molar-refractivity contribution < 1.29 is 0 Å². The van der Waals surface area contributed by atoms with Gasteiger partial charge in [-0.15, -0.1) is 0 Å². The number of nitrogens with one attached hydrogen (secondary N) is 1. The maximum atomic E-state index is 5.62. The normalized spacial score (nSPS) is 10.2. The fourth-order valence-electron chi connectivity index (χ4n) is 1.72. The van der Waals surface area contributed by atoms with Gasteiger partial charge in [0.05, 0.1) is 0 Å². The van der Waals surface area contributed by atoms with Crippen molar-refractivity contribution in [1.29, 1.82) is 0 Å². The SMILES string of the molecule is Cc1cc(C(N)=S)c(=S)[nH]c1-c1ccccc1. The second-order valence-electron chi connectivity index (χ2n) is 3.80. The summed E-state index contributed by atoms with van der Waals surface area (Å²) in [6, 6.07) is 12.0. The van der Waals surface area contributed by atoms with E-state index >= 15 is 0 Å². The van der Waals surface area contributed by atoms with Crippen LogP contribution in [0.2, 0.25) is 0 Å². The first-order valence-electron chi connectivity index (χ1n) is 5.18. The Morgan fingerprint density at radius 1 is 1.24 bits per heavy atom. The van der Waals surface area contributed by atoms with Crippen LogP contribution >= 0.6 is 24.4 Å². The lowest BCUT2D eigenvalue weighted by molar-refractivity contribution is 1.24. The van der Waals surface area contributed by atoms with Gasteiger partial charge in [-0.3, -0.25) is 0 Å². The molecule has 0 saturated carbocycles. The fraction of sp³-hybridized carbons (Fsp3) is 0.0769. The molecule has 2 nitrogen and oxygen atoms in total. The first-order valence-corrected chi connectivity index (χ1v) is 6.00. The number of pyridine rings is 1. The predicted octanol–water partition coefficient (Wildman–Crippen LogP) is 3.35. The average Bonchev–Trinajstić information content (AvgIpc) is 2.32. The third kappa shape index (κ3) is 2.43. The zero-order valence-corrected chi connectivity index (χ0v) is 11.0. The summed E-state index contributed by atoms with van der Waals surface area (Å²) >= 11 is 10.2. The lowest BCUT2D eigenvalue weighted by atomic mass is 10.1. The largest absolute Gasteiger partial charge is 0.389 e. The molecule has 0 aliphatic rings. The molecule has 1 aromatic carbocycles. The van der Waals surface area contributed by atoms with Crippen molar-refractivity contribution in [3.63, 3.8) is 0 Å². The van der Waals surface area contributed by atoms with E-state index in [1.54, 1.807) is 0 Å². The van der Waals surface area contributed by atoms with Gasteiger partial charge in [-0.2, -0.15) is 0 Å². The van der Waals surface area contributed by atoms with Crippen LogP contribution in [0.25, 0.3) is 11.3 Å². The molecule has 0 amide bonds. The average molecular weight is 260 g/mol. The van der Waals surface area contributed by atoms with Crippen LogP contribution < -0.4 is 5.73 Å². The maximum absolute atomic E-state index is 5.62. The molecule has 4 heteroatoms. The van der Waals surface area contributed by atoms with Gasteiger partial charge >= 0.3 is 0 Å². The number of benzene rings is 1. The second kappa shape index (κ2) is 4.77. The van der Waals surface area contributed by atoms with Crippen LogP contribution in [0.1, 0.15) is 11.1 Å². The number of hydrogen-bond donors (Lipinski definition) is 2. The van der Waals surface area contributed by atoms with Gasteiger partial charge in [-0.25, -0.2) is 0 Å². The summed E-state index contributed by atoms with van der Waals surface area (Å²) in [5.74, 6) is 0. The highest BCUT2D eigenvalue weighted by Gasteiger charge is 2.06. The Balaban J connectivity index is 2.63. The highest BCUT2D eigenvalue weighted by atomic mass is 32.1. The fourth-order valence-corrected chi connectivity index (χ4v) is 2.22. The van der Waals surface area contributed by atoms with Crippen molar-refractivity contribution in [3.05, 3.63) is 52.2 Å². The number of nitrogens with two attached hydrogens (primary N) is 1. The third-order valence-electron chi connectivity index (χ3n) is 2.57. The van der Waals surface area contributed by atoms with Crippen molar-refractivity contribution in [2.45, 2.75) is 6.92 Å². The second-order valence-corrected chi connectivity index (χ2v) is 4.65. The van der Waals surface area contributed by atoms with Crippen LogP contribution in [0, 0.1) is 11.6 Å². The molecule has 0 aliphatic carbocycles. The molecule has 0 atom stereocenters. The maximum Gasteiger partial charge on any atom is 0.113 e. The number of H-pyrrole nitrogens is 1. The molecule has 0 radical (unpaired) electrons. The molecule has 2 rings (SSSR count). The number of aromatic nitrogens is 1. The third-order valence-corrected chi connectivity index (χ3v) is 3.11. The van der Waals surface area contributed by atoms with Crippen molar-refractivity contribution in [2.75, 3.05) is 0 Å². The van der Waals surface area contributed by atoms with Gasteiger partial charge in [0, 0.05) is 11.3 Å². The van der Waals surface area contributed by atoms with E-state index in [2.05, 4.69) is 4.98 Å². The number of aryl methyl sites for hydroxylation is 1. The predicted molar refractivity (Wildman–Crippen MR) is 77.7 cm³/mol. The summed E-state index contributed by atoms with van der Waals surface area (Å²) in [6.07, 6.45) is 0. The summed E-state index contributed by atoms with van der Waals surface area (Å²) in [5.41, 5.74) is 9.53. The van der Waals surface area contributed by atoms with E-state index in [4.69, 9.17) is 30.2 Å². The molecule has 0 aliphatic heterocycles. The number of hydrogen-bond acceptors (Lipinski definition) is 2. The number of aromatic amines is 1. The van der Waals surface area contributed by atoms with Gasteiger partial charge in [-0.1, -0.05) is 54.8 Å². The molecule has 0 spiro atoms. The van der Waals surface area contributed by atoms with Gasteiger partial charge in [0.1, 0.15) is 9.63 Å². The molecular weight excluding hydrogens is 248 g/mol. The summed E-state index contributed by atoms with van der Waals surface area (Å²) < 4.78 is 0.585. The van der Waals surface area contributed by atoms with E-state index in [9.17, 15) is 0 Å². The lowest BCUT2D eigenvalue weighted by Crippen LogP contribution is -2.11. The molecule has 0 fully saturated rings. The Bertz CT molecular complexity index is 615. The van der Waals surface area contributed by atoms with E-state index in [0.717, 1.165) is 22.4 Å². The molecular formula is C13H12N2S2. The van der Waals surface area contributed by atoms with Crippen LogP contribution in [0.15, 0.2) is 36.4 Å². The Morgan fingerprint density at radius 3 is 2.47 bits per heavy atom. The number of thiocarbonyl (C=S) groups is 1. The minimum absolute atomic E-state index is 0.328. The standard InChI is InChI=1S/C13H12N2S2/c1-8-7-10(12(14)16)13(17)15-11(8)9-5-3-2-4-6-9/h2-7H,1H3,(H2,14,16)(H,15,17). The van der Waals surface area contributed by atoms with Crippen molar-refractivity contribution in [1.82, 2.24) is 4.98 Å². The molecule has 3 N–H and O–H groups in total. The minimum Gasteiger partial charge on any atom is -0.389 e. The van der Waals surface area contributed by atoms with Gasteiger partial charge in [0.25, 0.3) is 0 Å². The van der Waals surface area contributed by atoms with Crippen molar-refractivity contribution in [3.8, 4) is 11.3 Å². The van der Waals surface area contributed by atoms with E-state index in [-0.39, 0.29) is 0 Å². The molecule has 1 heterocycles. The van der Waals surface area contributed by atoms with E-state index in [1.807, 2.05) is 43.3 Å². The Kier molecular flexibility index (Phi) is 3.36. The van der Waals surface area contributed by atoms with Gasteiger partial charge in [0.15, 0.2) is 0 Å².